The highest BCUT2D eigenvalue weighted by molar-refractivity contribution is 6.32. The van der Waals surface area contributed by atoms with Gasteiger partial charge in [0, 0.05) is 6.21 Å². The third-order valence-electron chi connectivity index (χ3n) is 4.98. The first kappa shape index (κ1) is 20.3. The van der Waals surface area contributed by atoms with Crippen molar-refractivity contribution < 1.29 is 19.1 Å². The van der Waals surface area contributed by atoms with Gasteiger partial charge in [0.25, 0.3) is 5.91 Å². The Bertz CT molecular complexity index is 936. The molecule has 29 heavy (non-hydrogen) atoms. The molecule has 2 aromatic rings. The molecule has 4 amide bonds. The summed E-state index contributed by atoms with van der Waals surface area (Å²) in [5.74, 6) is -1.49. The Morgan fingerprint density at radius 2 is 1.76 bits per heavy atom. The minimum atomic E-state index is -1.19. The number of nitrogens with zero attached hydrogens (tertiary/aromatic N) is 2. The lowest BCUT2D eigenvalue weighted by Crippen LogP contribution is -2.58. The number of carbonyl (C=O) groups excluding carboxylic acids is 3. The number of benzene rings is 2. The first-order chi connectivity index (χ1) is 13.9. The van der Waals surface area contributed by atoms with Crippen molar-refractivity contribution >= 4 is 35.4 Å². The predicted octanol–water partition coefficient (Wildman–Crippen LogP) is 3.81. The molecule has 1 heterocycles. The highest BCUT2D eigenvalue weighted by Crippen LogP contribution is 2.24. The maximum atomic E-state index is 12.8. The molecule has 0 aliphatic carbocycles. The Labute approximate surface area is 169 Å². The number of urea groups is 1. The number of methoxy groups -OCH3 is 1. The number of barbiturate groups is 1. The topological polar surface area (TPSA) is 88.1 Å². The van der Waals surface area contributed by atoms with Crippen LogP contribution in [0, 0.1) is 5.92 Å². The minimum Gasteiger partial charge on any atom is -0.497 e. The lowest BCUT2D eigenvalue weighted by molar-refractivity contribution is -0.131. The lowest BCUT2D eigenvalue weighted by atomic mass is 9.99. The largest absolute Gasteiger partial charge is 0.497 e. The van der Waals surface area contributed by atoms with Crippen molar-refractivity contribution in [2.24, 2.45) is 10.9 Å². The second kappa shape index (κ2) is 8.68. The van der Waals surface area contributed by atoms with E-state index in [9.17, 15) is 14.4 Å². The summed E-state index contributed by atoms with van der Waals surface area (Å²) in [5.41, 5.74) is 2.18. The monoisotopic (exact) mass is 393 g/mol. The Morgan fingerprint density at radius 3 is 2.34 bits per heavy atom. The minimum absolute atomic E-state index is 0.345. The molecule has 2 aromatic carbocycles. The van der Waals surface area contributed by atoms with E-state index in [0.29, 0.717) is 23.0 Å². The SMILES string of the molecule is CC[C@@H](C)c1ccc(N=C[C@@H]2C(=O)NC(=O)N(c3ccc(OC)cc3)C2=O)cc1. The van der Waals surface area contributed by atoms with Crippen molar-refractivity contribution in [1.29, 1.82) is 0 Å². The number of ether oxygens (including phenoxy) is 1. The van der Waals surface area contributed by atoms with Crippen LogP contribution >= 0.6 is 0 Å². The summed E-state index contributed by atoms with van der Waals surface area (Å²) in [7, 11) is 1.52. The number of amides is 4. The smallest absolute Gasteiger partial charge is 0.335 e. The summed E-state index contributed by atoms with van der Waals surface area (Å²) in [6.07, 6.45) is 2.31. The van der Waals surface area contributed by atoms with Crippen molar-refractivity contribution in [2.45, 2.75) is 26.2 Å². The molecule has 0 unspecified atom stereocenters. The van der Waals surface area contributed by atoms with Gasteiger partial charge in [-0.25, -0.2) is 9.69 Å². The number of hydrogen-bond donors (Lipinski definition) is 1. The van der Waals surface area contributed by atoms with Gasteiger partial charge in [0.05, 0.1) is 18.5 Å². The van der Waals surface area contributed by atoms with Crippen LogP contribution in [0.4, 0.5) is 16.2 Å². The number of hydrogen-bond acceptors (Lipinski definition) is 5. The van der Waals surface area contributed by atoms with E-state index in [1.54, 1.807) is 24.3 Å². The summed E-state index contributed by atoms with van der Waals surface area (Å²) >= 11 is 0. The number of carbonyl (C=O) groups is 3. The van der Waals surface area contributed by atoms with Gasteiger partial charge in [-0.3, -0.25) is 19.9 Å². The maximum Gasteiger partial charge on any atom is 0.335 e. The summed E-state index contributed by atoms with van der Waals surface area (Å²) in [5, 5.41) is 2.21. The quantitative estimate of drug-likeness (QED) is 0.597. The van der Waals surface area contributed by atoms with Gasteiger partial charge in [-0.1, -0.05) is 26.0 Å². The number of nitrogens with one attached hydrogen (secondary N) is 1. The van der Waals surface area contributed by atoms with Crippen LogP contribution < -0.4 is 15.0 Å². The van der Waals surface area contributed by atoms with Crippen LogP contribution in [0.1, 0.15) is 31.7 Å². The zero-order valence-electron chi connectivity index (χ0n) is 16.6. The molecule has 0 radical (unpaired) electrons. The standard InChI is InChI=1S/C22H23N3O4/c1-4-14(2)15-5-7-16(8-6-15)23-13-19-20(26)24-22(28)25(21(19)27)17-9-11-18(29-3)12-10-17/h5-14,19H,4H2,1-3H3,(H,24,26,28)/t14-,19-/m1/s1. The zero-order chi connectivity index (χ0) is 21.0. The summed E-state index contributed by atoms with van der Waals surface area (Å²) in [6, 6.07) is 13.3. The number of imide groups is 2. The lowest BCUT2D eigenvalue weighted by Gasteiger charge is -2.28. The van der Waals surface area contributed by atoms with E-state index in [0.717, 1.165) is 11.3 Å². The fourth-order valence-corrected chi connectivity index (χ4v) is 2.98. The normalized spacial score (nSPS) is 18.1. The van der Waals surface area contributed by atoms with Crippen LogP contribution in [0.3, 0.4) is 0 Å². The third kappa shape index (κ3) is 4.34. The van der Waals surface area contributed by atoms with E-state index in [-0.39, 0.29) is 0 Å². The summed E-state index contributed by atoms with van der Waals surface area (Å²) in [6.45, 7) is 4.27. The van der Waals surface area contributed by atoms with Gasteiger partial charge in [0.15, 0.2) is 5.92 Å². The molecule has 2 atom stereocenters. The van der Waals surface area contributed by atoms with Crippen molar-refractivity contribution in [1.82, 2.24) is 5.32 Å². The highest BCUT2D eigenvalue weighted by atomic mass is 16.5. The fourth-order valence-electron chi connectivity index (χ4n) is 2.98. The van der Waals surface area contributed by atoms with E-state index in [4.69, 9.17) is 4.74 Å². The molecule has 0 bridgehead atoms. The van der Waals surface area contributed by atoms with Crippen LogP contribution in [0.25, 0.3) is 0 Å². The first-order valence-corrected chi connectivity index (χ1v) is 9.41. The van der Waals surface area contributed by atoms with Gasteiger partial charge in [-0.15, -0.1) is 0 Å². The van der Waals surface area contributed by atoms with Gasteiger partial charge in [-0.2, -0.15) is 0 Å². The van der Waals surface area contributed by atoms with Crippen molar-refractivity contribution in [2.75, 3.05) is 12.0 Å². The Hall–Kier alpha value is -3.48. The second-order valence-corrected chi connectivity index (χ2v) is 6.82. The highest BCUT2D eigenvalue weighted by Gasteiger charge is 2.40. The molecular weight excluding hydrogens is 370 g/mol. The maximum absolute atomic E-state index is 12.8. The Balaban J connectivity index is 1.80. The Kier molecular flexibility index (Phi) is 6.07. The molecule has 7 heteroatoms. The predicted molar refractivity (Wildman–Crippen MR) is 111 cm³/mol. The molecule has 1 N–H and O–H groups in total. The van der Waals surface area contributed by atoms with Gasteiger partial charge in [-0.05, 0) is 54.3 Å². The van der Waals surface area contributed by atoms with Crippen LogP contribution in [0.2, 0.25) is 0 Å². The van der Waals surface area contributed by atoms with Crippen molar-refractivity contribution in [3.63, 3.8) is 0 Å². The average molecular weight is 393 g/mol. The van der Waals surface area contributed by atoms with Crippen molar-refractivity contribution in [3.8, 4) is 5.75 Å². The first-order valence-electron chi connectivity index (χ1n) is 9.41. The Morgan fingerprint density at radius 1 is 1.10 bits per heavy atom. The molecule has 150 valence electrons. The van der Waals surface area contributed by atoms with Gasteiger partial charge in [0.2, 0.25) is 5.91 Å². The van der Waals surface area contributed by atoms with E-state index in [1.807, 2.05) is 24.3 Å². The molecule has 0 saturated carbocycles. The molecule has 1 fully saturated rings. The van der Waals surface area contributed by atoms with Gasteiger partial charge in [0.1, 0.15) is 5.75 Å². The van der Waals surface area contributed by atoms with Gasteiger partial charge >= 0.3 is 6.03 Å². The van der Waals surface area contributed by atoms with E-state index in [1.165, 1.54) is 18.9 Å². The molecule has 7 nitrogen and oxygen atoms in total. The summed E-state index contributed by atoms with van der Waals surface area (Å²) < 4.78 is 5.09. The number of anilines is 1. The van der Waals surface area contributed by atoms with Gasteiger partial charge < -0.3 is 4.74 Å². The van der Waals surface area contributed by atoms with E-state index in [2.05, 4.69) is 24.2 Å². The number of aliphatic imine (C=N–C) groups is 1. The molecule has 1 aliphatic rings. The molecule has 0 aromatic heterocycles. The van der Waals surface area contributed by atoms with E-state index >= 15 is 0 Å². The molecule has 1 aliphatic heterocycles. The zero-order valence-corrected chi connectivity index (χ0v) is 16.6. The van der Waals surface area contributed by atoms with Crippen LogP contribution in [-0.4, -0.2) is 31.2 Å². The van der Waals surface area contributed by atoms with Crippen LogP contribution in [0.15, 0.2) is 53.5 Å². The van der Waals surface area contributed by atoms with E-state index < -0.39 is 23.8 Å². The third-order valence-corrected chi connectivity index (χ3v) is 4.98. The van der Waals surface area contributed by atoms with Crippen LogP contribution in [0.5, 0.6) is 5.75 Å². The fraction of sp³-hybridized carbons (Fsp3) is 0.273. The molecule has 3 rings (SSSR count). The second-order valence-electron chi connectivity index (χ2n) is 6.82. The summed E-state index contributed by atoms with van der Waals surface area (Å²) in [4.78, 5) is 42.5. The van der Waals surface area contributed by atoms with Crippen LogP contribution in [-0.2, 0) is 9.59 Å². The molecule has 1 saturated heterocycles. The van der Waals surface area contributed by atoms with Crippen molar-refractivity contribution in [3.05, 3.63) is 54.1 Å². The molecule has 0 spiro atoms. The number of rotatable bonds is 6. The average Bonchev–Trinajstić information content (AvgIpc) is 2.73. The molecular formula is C22H23N3O4.